The van der Waals surface area contributed by atoms with Gasteiger partial charge in [-0.05, 0) is 31.0 Å². The van der Waals surface area contributed by atoms with Gasteiger partial charge in [0.2, 0.25) is 0 Å². The Bertz CT molecular complexity index is 395. The quantitative estimate of drug-likeness (QED) is 0.877. The highest BCUT2D eigenvalue weighted by atomic mass is 19.3. The molecule has 1 unspecified atom stereocenters. The van der Waals surface area contributed by atoms with Crippen LogP contribution < -0.4 is 10.1 Å². The van der Waals surface area contributed by atoms with Crippen molar-refractivity contribution in [2.45, 2.75) is 31.7 Å². The molecule has 1 N–H and O–H groups in total. The van der Waals surface area contributed by atoms with Crippen molar-refractivity contribution in [2.75, 3.05) is 13.7 Å². The summed E-state index contributed by atoms with van der Waals surface area (Å²) in [6.07, 6.45) is 1.92. The van der Waals surface area contributed by atoms with Crippen LogP contribution in [0.2, 0.25) is 0 Å². The molecule has 1 aliphatic rings. The SMILES string of the molecule is COc1cccc(C2CCCN2)c1C(C)(F)F. The van der Waals surface area contributed by atoms with Gasteiger partial charge in [0.15, 0.2) is 0 Å². The summed E-state index contributed by atoms with van der Waals surface area (Å²) in [5.74, 6) is -2.62. The van der Waals surface area contributed by atoms with Gasteiger partial charge in [0.25, 0.3) is 5.92 Å². The molecule has 0 aromatic heterocycles. The van der Waals surface area contributed by atoms with Crippen molar-refractivity contribution < 1.29 is 13.5 Å². The van der Waals surface area contributed by atoms with Crippen LogP contribution in [0.15, 0.2) is 18.2 Å². The van der Waals surface area contributed by atoms with Crippen LogP contribution in [-0.4, -0.2) is 13.7 Å². The molecule has 1 aromatic rings. The van der Waals surface area contributed by atoms with Crippen LogP contribution in [0.5, 0.6) is 5.75 Å². The first-order valence-corrected chi connectivity index (χ1v) is 5.82. The number of benzene rings is 1. The van der Waals surface area contributed by atoms with E-state index in [0.717, 1.165) is 26.3 Å². The Morgan fingerprint density at radius 3 is 2.71 bits per heavy atom. The van der Waals surface area contributed by atoms with Gasteiger partial charge in [0.05, 0.1) is 12.7 Å². The van der Waals surface area contributed by atoms with Gasteiger partial charge >= 0.3 is 0 Å². The van der Waals surface area contributed by atoms with Gasteiger partial charge < -0.3 is 10.1 Å². The van der Waals surface area contributed by atoms with Gasteiger partial charge in [0.1, 0.15) is 5.75 Å². The van der Waals surface area contributed by atoms with E-state index in [2.05, 4.69) is 5.32 Å². The van der Waals surface area contributed by atoms with Gasteiger partial charge in [-0.2, -0.15) is 0 Å². The molecule has 4 heteroatoms. The van der Waals surface area contributed by atoms with Gasteiger partial charge in [-0.1, -0.05) is 12.1 Å². The molecule has 1 aliphatic heterocycles. The van der Waals surface area contributed by atoms with Crippen molar-refractivity contribution in [2.24, 2.45) is 0 Å². The predicted molar refractivity (Wildman–Crippen MR) is 62.5 cm³/mol. The summed E-state index contributed by atoms with van der Waals surface area (Å²) in [6, 6.07) is 5.14. The van der Waals surface area contributed by atoms with Crippen LogP contribution in [0.3, 0.4) is 0 Å². The molecule has 1 atom stereocenters. The highest BCUT2D eigenvalue weighted by Crippen LogP contribution is 2.41. The molecule has 1 fully saturated rings. The lowest BCUT2D eigenvalue weighted by Crippen LogP contribution is -2.20. The number of hydrogen-bond donors (Lipinski definition) is 1. The predicted octanol–water partition coefficient (Wildman–Crippen LogP) is 3.23. The summed E-state index contributed by atoms with van der Waals surface area (Å²) in [6.45, 7) is 1.81. The fourth-order valence-corrected chi connectivity index (χ4v) is 2.43. The standard InChI is InChI=1S/C13H17F2NO/c1-13(14,15)12-9(10-6-4-8-16-10)5-3-7-11(12)17-2/h3,5,7,10,16H,4,6,8H2,1-2H3. The van der Waals surface area contributed by atoms with E-state index in [9.17, 15) is 8.78 Å². The molecule has 1 aromatic carbocycles. The summed E-state index contributed by atoms with van der Waals surface area (Å²) < 4.78 is 32.5. The minimum Gasteiger partial charge on any atom is -0.496 e. The zero-order valence-corrected chi connectivity index (χ0v) is 10.1. The molecule has 17 heavy (non-hydrogen) atoms. The second-order valence-corrected chi connectivity index (χ2v) is 4.46. The van der Waals surface area contributed by atoms with Crippen LogP contribution in [0.1, 0.15) is 36.9 Å². The fourth-order valence-electron chi connectivity index (χ4n) is 2.43. The second kappa shape index (κ2) is 4.61. The number of alkyl halides is 2. The third-order valence-electron chi connectivity index (χ3n) is 3.15. The van der Waals surface area contributed by atoms with Gasteiger partial charge in [0, 0.05) is 13.0 Å². The van der Waals surface area contributed by atoms with Crippen LogP contribution in [0.4, 0.5) is 8.78 Å². The summed E-state index contributed by atoms with van der Waals surface area (Å²) in [5.41, 5.74) is 0.677. The fraction of sp³-hybridized carbons (Fsp3) is 0.538. The monoisotopic (exact) mass is 241 g/mol. The molecular formula is C13H17F2NO. The van der Waals surface area contributed by atoms with Crippen LogP contribution in [0, 0.1) is 0 Å². The molecule has 0 radical (unpaired) electrons. The number of halogens is 2. The number of rotatable bonds is 3. The molecule has 0 aliphatic carbocycles. The Morgan fingerprint density at radius 1 is 1.41 bits per heavy atom. The minimum atomic E-state index is -2.88. The maximum Gasteiger partial charge on any atom is 0.274 e. The van der Waals surface area contributed by atoms with Crippen LogP contribution >= 0.6 is 0 Å². The highest BCUT2D eigenvalue weighted by Gasteiger charge is 2.34. The lowest BCUT2D eigenvalue weighted by atomic mass is 9.94. The number of hydrogen-bond acceptors (Lipinski definition) is 2. The first-order valence-electron chi connectivity index (χ1n) is 5.82. The molecule has 0 amide bonds. The molecule has 1 saturated heterocycles. The first kappa shape index (κ1) is 12.3. The lowest BCUT2D eigenvalue weighted by molar-refractivity contribution is 0.0136. The largest absolute Gasteiger partial charge is 0.496 e. The van der Waals surface area contributed by atoms with Crippen molar-refractivity contribution in [3.05, 3.63) is 29.3 Å². The zero-order valence-electron chi connectivity index (χ0n) is 10.1. The Balaban J connectivity index is 2.50. The molecular weight excluding hydrogens is 224 g/mol. The third-order valence-corrected chi connectivity index (χ3v) is 3.15. The minimum absolute atomic E-state index is 0.0156. The van der Waals surface area contributed by atoms with Gasteiger partial charge in [-0.25, -0.2) is 8.78 Å². The summed E-state index contributed by atoms with van der Waals surface area (Å²) in [7, 11) is 1.43. The first-order chi connectivity index (χ1) is 8.04. The third kappa shape index (κ3) is 2.41. The normalized spacial score (nSPS) is 20.6. The number of nitrogens with one attached hydrogen (secondary N) is 1. The second-order valence-electron chi connectivity index (χ2n) is 4.46. The van der Waals surface area contributed by atoms with Crippen molar-refractivity contribution in [3.63, 3.8) is 0 Å². The highest BCUT2D eigenvalue weighted by molar-refractivity contribution is 5.45. The Hall–Kier alpha value is -1.16. The van der Waals surface area contributed by atoms with Crippen molar-refractivity contribution in [1.82, 2.24) is 5.32 Å². The average Bonchev–Trinajstić information content (AvgIpc) is 2.80. The molecule has 2 rings (SSSR count). The lowest BCUT2D eigenvalue weighted by Gasteiger charge is -2.22. The summed E-state index contributed by atoms with van der Waals surface area (Å²) in [5, 5.41) is 3.25. The van der Waals surface area contributed by atoms with Gasteiger partial charge in [-0.15, -0.1) is 0 Å². The maximum atomic E-state index is 13.7. The average molecular weight is 241 g/mol. The van der Waals surface area contributed by atoms with Crippen LogP contribution in [-0.2, 0) is 5.92 Å². The Kier molecular flexibility index (Phi) is 3.33. The zero-order chi connectivity index (χ0) is 12.5. The molecule has 94 valence electrons. The van der Waals surface area contributed by atoms with Crippen LogP contribution in [0.25, 0.3) is 0 Å². The van der Waals surface area contributed by atoms with E-state index >= 15 is 0 Å². The smallest absolute Gasteiger partial charge is 0.274 e. The number of ether oxygens (including phenoxy) is 1. The summed E-state index contributed by atoms with van der Waals surface area (Å²) >= 11 is 0. The molecule has 1 heterocycles. The van der Waals surface area contributed by atoms with E-state index in [4.69, 9.17) is 4.74 Å². The molecule has 2 nitrogen and oxygen atoms in total. The van der Waals surface area contributed by atoms with E-state index < -0.39 is 5.92 Å². The van der Waals surface area contributed by atoms with Crippen molar-refractivity contribution >= 4 is 0 Å². The summed E-state index contributed by atoms with van der Waals surface area (Å²) in [4.78, 5) is 0. The topological polar surface area (TPSA) is 21.3 Å². The van der Waals surface area contributed by atoms with E-state index in [1.165, 1.54) is 7.11 Å². The van der Waals surface area contributed by atoms with E-state index in [0.29, 0.717) is 5.56 Å². The van der Waals surface area contributed by atoms with Crippen molar-refractivity contribution in [1.29, 1.82) is 0 Å². The van der Waals surface area contributed by atoms with Crippen molar-refractivity contribution in [3.8, 4) is 5.75 Å². The molecule has 0 spiro atoms. The van der Waals surface area contributed by atoms with Gasteiger partial charge in [-0.3, -0.25) is 0 Å². The maximum absolute atomic E-state index is 13.7. The van der Waals surface area contributed by atoms with E-state index in [1.807, 2.05) is 0 Å². The Labute approximate surface area is 100.0 Å². The molecule has 0 saturated carbocycles. The van der Waals surface area contributed by atoms with E-state index in [1.54, 1.807) is 18.2 Å². The number of methoxy groups -OCH3 is 1. The van der Waals surface area contributed by atoms with E-state index in [-0.39, 0.29) is 17.4 Å². The molecule has 0 bridgehead atoms. The Morgan fingerprint density at radius 2 is 2.18 bits per heavy atom.